The van der Waals surface area contributed by atoms with Crippen molar-refractivity contribution in [1.29, 1.82) is 0 Å². The second-order valence-corrected chi connectivity index (χ2v) is 12.4. The van der Waals surface area contributed by atoms with Crippen LogP contribution in [0.2, 0.25) is 19.6 Å². The molecule has 0 saturated heterocycles. The van der Waals surface area contributed by atoms with Crippen LogP contribution in [-0.2, 0) is 20.1 Å². The second-order valence-electron chi connectivity index (χ2n) is 7.35. The normalized spacial score (nSPS) is 11.7. The zero-order valence-corrected chi connectivity index (χ0v) is 18.2. The van der Waals surface area contributed by atoms with Gasteiger partial charge in [-0.15, -0.1) is 17.3 Å². The summed E-state index contributed by atoms with van der Waals surface area (Å²) in [4.78, 5) is 4.58. The quantitative estimate of drug-likeness (QED) is 0.264. The summed E-state index contributed by atoms with van der Waals surface area (Å²) in [6.45, 7) is 9.13. The van der Waals surface area contributed by atoms with Gasteiger partial charge in [0.05, 0.1) is 5.58 Å². The number of furan rings is 1. The summed E-state index contributed by atoms with van der Waals surface area (Å²) in [5.74, 6) is 0. The average Bonchev–Trinajstić information content (AvgIpc) is 2.93. The van der Waals surface area contributed by atoms with E-state index in [4.69, 9.17) is 4.42 Å². The molecule has 0 unspecified atom stereocenters. The first-order valence-corrected chi connectivity index (χ1v) is 11.7. The van der Waals surface area contributed by atoms with Gasteiger partial charge in [0.25, 0.3) is 0 Å². The molecule has 25 heavy (non-hydrogen) atoms. The molecule has 0 amide bonds. The minimum atomic E-state index is -1.52. The summed E-state index contributed by atoms with van der Waals surface area (Å²) in [5.41, 5.74) is 4.85. The third kappa shape index (κ3) is 3.10. The maximum atomic E-state index is 6.26. The van der Waals surface area contributed by atoms with Gasteiger partial charge in [-0.25, -0.2) is 0 Å². The molecule has 129 valence electrons. The van der Waals surface area contributed by atoms with Gasteiger partial charge in [0.2, 0.25) is 0 Å². The molecule has 0 saturated carbocycles. The van der Waals surface area contributed by atoms with Gasteiger partial charge in [-0.3, -0.25) is 0 Å². The molecule has 4 aromatic rings. The van der Waals surface area contributed by atoms with Gasteiger partial charge in [-0.2, -0.15) is 0 Å². The van der Waals surface area contributed by atoms with Gasteiger partial charge in [0, 0.05) is 39.8 Å². The smallest absolute Gasteiger partial charge is 0.120 e. The van der Waals surface area contributed by atoms with Gasteiger partial charge in [-0.05, 0) is 24.2 Å². The number of nitrogens with zero attached hydrogens (tertiary/aromatic N) is 1. The van der Waals surface area contributed by atoms with E-state index in [0.29, 0.717) is 0 Å². The molecule has 2 heterocycles. The molecular formula is C21H20IrNOSi-. The van der Waals surface area contributed by atoms with E-state index < -0.39 is 8.07 Å². The van der Waals surface area contributed by atoms with Gasteiger partial charge >= 0.3 is 0 Å². The maximum Gasteiger partial charge on any atom is 0.120 e. The summed E-state index contributed by atoms with van der Waals surface area (Å²) >= 11 is 0. The fraction of sp³-hybridized carbons (Fsp3) is 0.190. The fourth-order valence-electron chi connectivity index (χ4n) is 3.17. The Labute approximate surface area is 162 Å². The first-order valence-electron chi connectivity index (χ1n) is 8.24. The van der Waals surface area contributed by atoms with Gasteiger partial charge in [0.1, 0.15) is 5.58 Å². The summed E-state index contributed by atoms with van der Waals surface area (Å²) in [6.07, 6.45) is 1.89. The van der Waals surface area contributed by atoms with Gasteiger partial charge in [0.15, 0.2) is 0 Å². The van der Waals surface area contributed by atoms with Crippen LogP contribution in [0.4, 0.5) is 0 Å². The third-order valence-corrected chi connectivity index (χ3v) is 6.44. The molecule has 1 radical (unpaired) electrons. The van der Waals surface area contributed by atoms with Crippen LogP contribution >= 0.6 is 0 Å². The largest absolute Gasteiger partial charge is 0.501 e. The number of para-hydroxylation sites is 1. The molecule has 0 aliphatic heterocycles. The number of hydrogen-bond donors (Lipinski definition) is 0. The van der Waals surface area contributed by atoms with Crippen LogP contribution in [0.3, 0.4) is 0 Å². The molecule has 2 aromatic heterocycles. The van der Waals surface area contributed by atoms with Gasteiger partial charge in [-0.1, -0.05) is 60.9 Å². The fourth-order valence-corrected chi connectivity index (χ4v) is 4.67. The molecule has 4 heteroatoms. The van der Waals surface area contributed by atoms with Crippen LogP contribution in [0, 0.1) is 13.0 Å². The van der Waals surface area contributed by atoms with E-state index in [1.807, 2.05) is 31.3 Å². The van der Waals surface area contributed by atoms with Crippen molar-refractivity contribution in [3.8, 4) is 11.3 Å². The van der Waals surface area contributed by atoms with E-state index in [0.717, 1.165) is 28.0 Å². The van der Waals surface area contributed by atoms with Crippen LogP contribution in [0.5, 0.6) is 0 Å². The Morgan fingerprint density at radius 2 is 1.80 bits per heavy atom. The first kappa shape index (κ1) is 18.1. The number of hydrogen-bond acceptors (Lipinski definition) is 2. The Balaban J connectivity index is 0.00000182. The van der Waals surface area contributed by atoms with Crippen molar-refractivity contribution in [1.82, 2.24) is 4.98 Å². The van der Waals surface area contributed by atoms with Gasteiger partial charge < -0.3 is 9.40 Å². The van der Waals surface area contributed by atoms with Crippen molar-refractivity contribution in [2.24, 2.45) is 0 Å². The van der Waals surface area contributed by atoms with E-state index in [9.17, 15) is 0 Å². The topological polar surface area (TPSA) is 26.0 Å². The van der Waals surface area contributed by atoms with Crippen molar-refractivity contribution < 1.29 is 24.5 Å². The SMILES string of the molecule is Cc1ccc(-c2[c-]cc([Si](C)(C)C)c3c2oc2ccccc23)nc1.[Ir]. The summed E-state index contributed by atoms with van der Waals surface area (Å²) < 4.78 is 6.26. The van der Waals surface area contributed by atoms with Crippen molar-refractivity contribution >= 4 is 35.2 Å². The number of benzene rings is 2. The van der Waals surface area contributed by atoms with E-state index in [-0.39, 0.29) is 20.1 Å². The van der Waals surface area contributed by atoms with Crippen LogP contribution in [-0.4, -0.2) is 13.1 Å². The minimum absolute atomic E-state index is 0. The van der Waals surface area contributed by atoms with Crippen molar-refractivity contribution in [3.05, 3.63) is 60.3 Å². The van der Waals surface area contributed by atoms with Crippen LogP contribution in [0.15, 0.2) is 53.1 Å². The molecular weight excluding hydrogens is 503 g/mol. The zero-order chi connectivity index (χ0) is 16.9. The Kier molecular flexibility index (Phi) is 4.71. The van der Waals surface area contributed by atoms with Crippen molar-refractivity contribution in [2.45, 2.75) is 26.6 Å². The molecule has 0 spiro atoms. The Bertz CT molecular complexity index is 1050. The molecule has 2 nitrogen and oxygen atoms in total. The molecule has 0 aliphatic carbocycles. The van der Waals surface area contributed by atoms with E-state index >= 15 is 0 Å². The van der Waals surface area contributed by atoms with Crippen LogP contribution < -0.4 is 5.19 Å². The number of aryl methyl sites for hydroxylation is 1. The molecule has 0 atom stereocenters. The number of pyridine rings is 1. The summed E-state index contributed by atoms with van der Waals surface area (Å²) in [7, 11) is -1.52. The van der Waals surface area contributed by atoms with Crippen molar-refractivity contribution in [3.63, 3.8) is 0 Å². The predicted molar refractivity (Wildman–Crippen MR) is 104 cm³/mol. The first-order chi connectivity index (χ1) is 11.4. The zero-order valence-electron chi connectivity index (χ0n) is 14.8. The van der Waals surface area contributed by atoms with Crippen molar-refractivity contribution in [2.75, 3.05) is 0 Å². The molecule has 4 rings (SSSR count). The maximum absolute atomic E-state index is 6.26. The number of fused-ring (bicyclic) bond motifs is 3. The monoisotopic (exact) mass is 523 g/mol. The summed E-state index contributed by atoms with van der Waals surface area (Å²) in [6, 6.07) is 18.0. The Morgan fingerprint density at radius 3 is 2.48 bits per heavy atom. The number of rotatable bonds is 2. The number of aromatic nitrogens is 1. The summed E-state index contributed by atoms with van der Waals surface area (Å²) in [5, 5.41) is 3.81. The van der Waals surface area contributed by atoms with Crippen LogP contribution in [0.1, 0.15) is 5.56 Å². The minimum Gasteiger partial charge on any atom is -0.501 e. The molecule has 0 bridgehead atoms. The Hall–Kier alpha value is -1.74. The average molecular weight is 523 g/mol. The molecule has 0 N–H and O–H groups in total. The molecule has 0 aliphatic rings. The third-order valence-electron chi connectivity index (χ3n) is 4.43. The molecule has 0 fully saturated rings. The van der Waals surface area contributed by atoms with Crippen LogP contribution in [0.25, 0.3) is 33.2 Å². The second kappa shape index (κ2) is 6.53. The van der Waals surface area contributed by atoms with E-state index in [1.54, 1.807) is 0 Å². The van der Waals surface area contributed by atoms with E-state index in [2.05, 4.69) is 55.0 Å². The standard InChI is InChI=1S/C21H20NOSi.Ir/c1-14-9-11-17(22-13-14)15-10-12-19(24(2,3)4)20-16-7-5-6-8-18(16)23-21(15)20;/h5-9,11-13H,1-4H3;/q-1;. The Morgan fingerprint density at radius 1 is 1.04 bits per heavy atom. The predicted octanol–water partition coefficient (Wildman–Crippen LogP) is 5.30. The van der Waals surface area contributed by atoms with E-state index in [1.165, 1.54) is 16.0 Å². The molecule has 2 aromatic carbocycles.